The third-order valence-corrected chi connectivity index (χ3v) is 7.37. The Hall–Kier alpha value is -2.08. The molecule has 0 N–H and O–H groups in total. The van der Waals surface area contributed by atoms with E-state index in [1.807, 2.05) is 30.3 Å². The quantitative estimate of drug-likeness (QED) is 0.168. The van der Waals surface area contributed by atoms with Crippen LogP contribution in [0.15, 0.2) is 63.8 Å². The number of aromatic nitrogens is 2. The number of hydrogen-bond acceptors (Lipinski definition) is 4. The van der Waals surface area contributed by atoms with E-state index in [9.17, 15) is 5.26 Å². The monoisotopic (exact) mass is 513 g/mol. The second kappa shape index (κ2) is 8.11. The van der Waals surface area contributed by atoms with Crippen LogP contribution in [-0.2, 0) is 0 Å². The van der Waals surface area contributed by atoms with Gasteiger partial charge in [0.1, 0.15) is 6.07 Å². The largest absolute Gasteiger partial charge is 0.317 e. The topological polar surface area (TPSA) is 41.6 Å². The summed E-state index contributed by atoms with van der Waals surface area (Å²) in [5.74, 6) is 0. The number of hydrogen-bond donors (Lipinski definition) is 0. The van der Waals surface area contributed by atoms with Crippen molar-refractivity contribution in [2.24, 2.45) is 0 Å². The standard InChI is InChI=1S/C22H16IN3S2/c1-14-11-16(15(2)26(14)20-9-5-3-7-18(20)23)12-17(13-24)27-22-25-19-8-4-6-10-21(19)28-22/h3-12H,1-2H3/b17-12+. The number of fused-ring (bicyclic) bond motifs is 1. The van der Waals surface area contributed by atoms with E-state index in [1.54, 1.807) is 11.3 Å². The highest BCUT2D eigenvalue weighted by atomic mass is 127. The molecule has 0 saturated heterocycles. The first-order valence-electron chi connectivity index (χ1n) is 8.66. The normalized spacial score (nSPS) is 11.7. The average molecular weight is 513 g/mol. The number of benzene rings is 2. The predicted molar refractivity (Wildman–Crippen MR) is 127 cm³/mol. The van der Waals surface area contributed by atoms with Crippen LogP contribution >= 0.6 is 45.7 Å². The highest BCUT2D eigenvalue weighted by molar-refractivity contribution is 14.1. The maximum atomic E-state index is 9.68. The average Bonchev–Trinajstić information content (AvgIpc) is 3.22. The van der Waals surface area contributed by atoms with Crippen LogP contribution in [0.2, 0.25) is 0 Å². The lowest BCUT2D eigenvalue weighted by Crippen LogP contribution is -2.01. The Kier molecular flexibility index (Phi) is 5.58. The van der Waals surface area contributed by atoms with E-state index in [2.05, 4.69) is 82.4 Å². The van der Waals surface area contributed by atoms with E-state index in [0.717, 1.165) is 37.2 Å². The highest BCUT2D eigenvalue weighted by Crippen LogP contribution is 2.35. The van der Waals surface area contributed by atoms with Gasteiger partial charge in [0, 0.05) is 15.0 Å². The fourth-order valence-electron chi connectivity index (χ4n) is 3.15. The molecule has 0 fully saturated rings. The molecule has 0 spiro atoms. The maximum absolute atomic E-state index is 9.68. The molecule has 2 aromatic carbocycles. The Balaban J connectivity index is 1.70. The molecule has 0 aliphatic rings. The number of thiazole rings is 1. The van der Waals surface area contributed by atoms with Gasteiger partial charge in [0.25, 0.3) is 0 Å². The minimum Gasteiger partial charge on any atom is -0.317 e. The molecule has 0 radical (unpaired) electrons. The number of thioether (sulfide) groups is 1. The second-order valence-corrected chi connectivity index (χ2v) is 9.77. The first-order chi connectivity index (χ1) is 13.6. The van der Waals surface area contributed by atoms with Crippen LogP contribution in [0.25, 0.3) is 22.0 Å². The Labute approximate surface area is 185 Å². The lowest BCUT2D eigenvalue weighted by molar-refractivity contribution is 0.958. The van der Waals surface area contributed by atoms with Gasteiger partial charge < -0.3 is 4.57 Å². The molecule has 0 atom stereocenters. The van der Waals surface area contributed by atoms with Crippen LogP contribution in [0.5, 0.6) is 0 Å². The Morgan fingerprint density at radius 2 is 1.93 bits per heavy atom. The number of halogens is 1. The van der Waals surface area contributed by atoms with E-state index in [4.69, 9.17) is 0 Å². The van der Waals surface area contributed by atoms with E-state index in [0.29, 0.717) is 4.91 Å². The summed E-state index contributed by atoms with van der Waals surface area (Å²) in [6, 6.07) is 20.8. The second-order valence-electron chi connectivity index (χ2n) is 6.28. The van der Waals surface area contributed by atoms with Gasteiger partial charge in [0.2, 0.25) is 0 Å². The van der Waals surface area contributed by atoms with Crippen LogP contribution in [-0.4, -0.2) is 9.55 Å². The van der Waals surface area contributed by atoms with Crippen molar-refractivity contribution in [3.63, 3.8) is 0 Å². The smallest absolute Gasteiger partial charge is 0.156 e. The summed E-state index contributed by atoms with van der Waals surface area (Å²) >= 11 is 5.41. The molecule has 4 rings (SSSR count). The fraction of sp³-hybridized carbons (Fsp3) is 0.0909. The van der Waals surface area contributed by atoms with Gasteiger partial charge in [-0.2, -0.15) is 5.26 Å². The lowest BCUT2D eigenvalue weighted by atomic mass is 10.2. The summed E-state index contributed by atoms with van der Waals surface area (Å²) in [4.78, 5) is 5.27. The number of nitrogens with zero attached hydrogens (tertiary/aromatic N) is 3. The van der Waals surface area contributed by atoms with Gasteiger partial charge in [-0.15, -0.1) is 11.3 Å². The van der Waals surface area contributed by atoms with Gasteiger partial charge >= 0.3 is 0 Å². The number of aryl methyl sites for hydroxylation is 1. The molecule has 138 valence electrons. The molecule has 3 nitrogen and oxygen atoms in total. The molecule has 0 saturated carbocycles. The van der Waals surface area contributed by atoms with Crippen molar-refractivity contribution >= 4 is 62.0 Å². The van der Waals surface area contributed by atoms with Crippen LogP contribution in [0.4, 0.5) is 0 Å². The van der Waals surface area contributed by atoms with Crippen molar-refractivity contribution in [2.75, 3.05) is 0 Å². The van der Waals surface area contributed by atoms with Gasteiger partial charge in [-0.25, -0.2) is 4.98 Å². The molecular weight excluding hydrogens is 497 g/mol. The minimum absolute atomic E-state index is 0.641. The molecule has 0 bridgehead atoms. The summed E-state index contributed by atoms with van der Waals surface area (Å²) in [5.41, 5.74) is 5.47. The molecule has 0 unspecified atom stereocenters. The van der Waals surface area contributed by atoms with E-state index in [-0.39, 0.29) is 0 Å². The molecule has 2 heterocycles. The number of nitriles is 1. The van der Waals surface area contributed by atoms with E-state index < -0.39 is 0 Å². The SMILES string of the molecule is Cc1cc(/C=C(\C#N)Sc2nc3ccccc3s2)c(C)n1-c1ccccc1I. The van der Waals surface area contributed by atoms with Crippen molar-refractivity contribution in [2.45, 2.75) is 18.2 Å². The number of rotatable bonds is 4. The molecule has 6 heteroatoms. The third-order valence-electron chi connectivity index (χ3n) is 4.43. The first-order valence-corrected chi connectivity index (χ1v) is 11.4. The number of allylic oxidation sites excluding steroid dienone is 1. The Bertz CT molecular complexity index is 1210. The Morgan fingerprint density at radius 1 is 1.18 bits per heavy atom. The summed E-state index contributed by atoms with van der Waals surface area (Å²) in [6.07, 6.45) is 1.96. The minimum atomic E-state index is 0.641. The van der Waals surface area contributed by atoms with Gasteiger partial charge in [-0.1, -0.05) is 24.3 Å². The van der Waals surface area contributed by atoms with Crippen molar-refractivity contribution in [1.82, 2.24) is 9.55 Å². The highest BCUT2D eigenvalue weighted by Gasteiger charge is 2.13. The summed E-state index contributed by atoms with van der Waals surface area (Å²) < 4.78 is 5.46. The summed E-state index contributed by atoms with van der Waals surface area (Å²) in [6.45, 7) is 4.19. The summed E-state index contributed by atoms with van der Waals surface area (Å²) in [5, 5.41) is 9.68. The van der Waals surface area contributed by atoms with Crippen molar-refractivity contribution in [3.05, 3.63) is 80.0 Å². The van der Waals surface area contributed by atoms with Crippen molar-refractivity contribution in [1.29, 1.82) is 5.26 Å². The third kappa shape index (κ3) is 3.75. The summed E-state index contributed by atoms with van der Waals surface area (Å²) in [7, 11) is 0. The van der Waals surface area contributed by atoms with Gasteiger partial charge in [0.15, 0.2) is 4.34 Å². The zero-order chi connectivity index (χ0) is 19.7. The predicted octanol–water partition coefficient (Wildman–Crippen LogP) is 6.97. The van der Waals surface area contributed by atoms with Crippen LogP contribution in [0, 0.1) is 28.7 Å². The molecule has 0 aliphatic carbocycles. The molecule has 4 aromatic rings. The fourth-order valence-corrected chi connectivity index (χ4v) is 5.75. The van der Waals surface area contributed by atoms with Crippen LogP contribution in [0.1, 0.15) is 17.0 Å². The molecule has 2 aromatic heterocycles. The lowest BCUT2D eigenvalue weighted by Gasteiger charge is -2.11. The maximum Gasteiger partial charge on any atom is 0.156 e. The molecule has 0 amide bonds. The number of para-hydroxylation sites is 2. The zero-order valence-electron chi connectivity index (χ0n) is 15.3. The van der Waals surface area contributed by atoms with E-state index in [1.165, 1.54) is 15.3 Å². The Morgan fingerprint density at radius 3 is 2.68 bits per heavy atom. The van der Waals surface area contributed by atoms with Gasteiger partial charge in [-0.3, -0.25) is 0 Å². The zero-order valence-corrected chi connectivity index (χ0v) is 19.1. The van der Waals surface area contributed by atoms with Crippen molar-refractivity contribution < 1.29 is 0 Å². The van der Waals surface area contributed by atoms with Crippen molar-refractivity contribution in [3.8, 4) is 11.8 Å². The molecule has 0 aliphatic heterocycles. The van der Waals surface area contributed by atoms with E-state index >= 15 is 0 Å². The van der Waals surface area contributed by atoms with Crippen LogP contribution < -0.4 is 0 Å². The molecule has 28 heavy (non-hydrogen) atoms. The van der Waals surface area contributed by atoms with Gasteiger partial charge in [-0.05, 0) is 90.2 Å². The van der Waals surface area contributed by atoms with Gasteiger partial charge in [0.05, 0.1) is 20.8 Å². The first kappa shape index (κ1) is 19.2. The van der Waals surface area contributed by atoms with Crippen LogP contribution in [0.3, 0.4) is 0 Å². The molecular formula is C22H16IN3S2.